The van der Waals surface area contributed by atoms with Crippen molar-refractivity contribution in [3.8, 4) is 11.5 Å². The lowest BCUT2D eigenvalue weighted by molar-refractivity contribution is -0.123. The zero-order chi connectivity index (χ0) is 20.8. The fourth-order valence-electron chi connectivity index (χ4n) is 4.51. The van der Waals surface area contributed by atoms with Gasteiger partial charge in [-0.1, -0.05) is 6.07 Å². The molecule has 31 heavy (non-hydrogen) atoms. The fraction of sp³-hybridized carbons (Fsp3) is 0.348. The van der Waals surface area contributed by atoms with E-state index in [1.165, 1.54) is 10.8 Å². The van der Waals surface area contributed by atoms with E-state index in [9.17, 15) is 4.79 Å². The van der Waals surface area contributed by atoms with Gasteiger partial charge < -0.3 is 19.9 Å². The van der Waals surface area contributed by atoms with E-state index in [4.69, 9.17) is 14.6 Å². The molecule has 1 aromatic carbocycles. The molecule has 2 aromatic heterocycles. The van der Waals surface area contributed by atoms with Crippen LogP contribution in [0.3, 0.4) is 0 Å². The summed E-state index contributed by atoms with van der Waals surface area (Å²) >= 11 is 0. The van der Waals surface area contributed by atoms with Crippen molar-refractivity contribution < 1.29 is 14.4 Å². The quantitative estimate of drug-likeness (QED) is 0.680. The van der Waals surface area contributed by atoms with Crippen LogP contribution in [0.1, 0.15) is 40.7 Å². The summed E-state index contributed by atoms with van der Waals surface area (Å²) in [5.41, 5.74) is 4.40. The monoisotopic (exact) mass is 417 g/mol. The smallest absolute Gasteiger partial charge is 0.262 e. The molecular weight excluding hydrogens is 394 g/mol. The van der Waals surface area contributed by atoms with Gasteiger partial charge in [0.1, 0.15) is 11.6 Å². The number of aromatic nitrogens is 3. The number of hydroxylamine groups is 1. The molecule has 2 N–H and O–H groups in total. The van der Waals surface area contributed by atoms with Crippen LogP contribution in [0.15, 0.2) is 36.5 Å². The molecule has 0 spiro atoms. The van der Waals surface area contributed by atoms with Gasteiger partial charge in [0, 0.05) is 32.1 Å². The number of anilines is 1. The van der Waals surface area contributed by atoms with Gasteiger partial charge in [0.05, 0.1) is 23.9 Å². The zero-order valence-electron chi connectivity index (χ0n) is 17.1. The molecule has 3 aliphatic rings. The Morgan fingerprint density at radius 2 is 2.13 bits per heavy atom. The van der Waals surface area contributed by atoms with Crippen LogP contribution in [0.5, 0.6) is 11.5 Å². The van der Waals surface area contributed by atoms with Crippen molar-refractivity contribution in [2.45, 2.75) is 38.1 Å². The number of benzene rings is 1. The van der Waals surface area contributed by atoms with Gasteiger partial charge in [-0.2, -0.15) is 0 Å². The van der Waals surface area contributed by atoms with Gasteiger partial charge in [-0.15, -0.1) is 5.06 Å². The topological polar surface area (TPSA) is 92.4 Å². The number of ether oxygens (including phenoxy) is 1. The van der Waals surface area contributed by atoms with E-state index in [1.807, 2.05) is 30.3 Å². The SMILES string of the molecule is O=C1CCc2cccnc2N1Oc1ccc2c(c1)CC(c1nc3c([nH]1)CNCC3)CO2. The van der Waals surface area contributed by atoms with Crippen molar-refractivity contribution in [2.75, 3.05) is 18.2 Å². The van der Waals surface area contributed by atoms with Gasteiger partial charge in [0.25, 0.3) is 5.91 Å². The molecule has 0 aliphatic carbocycles. The zero-order valence-corrected chi connectivity index (χ0v) is 17.1. The fourth-order valence-corrected chi connectivity index (χ4v) is 4.51. The Labute approximate surface area is 179 Å². The molecule has 1 atom stereocenters. The Hall–Kier alpha value is -3.39. The number of aryl methyl sites for hydroxylation is 1. The maximum Gasteiger partial charge on any atom is 0.262 e. The van der Waals surface area contributed by atoms with Crippen LogP contribution >= 0.6 is 0 Å². The number of amides is 1. The van der Waals surface area contributed by atoms with Crippen molar-refractivity contribution in [3.63, 3.8) is 0 Å². The number of pyridine rings is 1. The number of hydrogen-bond acceptors (Lipinski definition) is 6. The second-order valence-corrected chi connectivity index (χ2v) is 8.22. The first kappa shape index (κ1) is 18.4. The Morgan fingerprint density at radius 1 is 1.16 bits per heavy atom. The van der Waals surface area contributed by atoms with Crippen LogP contribution in [0.25, 0.3) is 0 Å². The molecule has 5 heterocycles. The maximum atomic E-state index is 12.5. The first-order valence-corrected chi connectivity index (χ1v) is 10.7. The van der Waals surface area contributed by atoms with E-state index < -0.39 is 0 Å². The Bertz CT molecular complexity index is 1130. The number of H-pyrrole nitrogens is 1. The summed E-state index contributed by atoms with van der Waals surface area (Å²) in [4.78, 5) is 31.2. The minimum Gasteiger partial charge on any atom is -0.493 e. The van der Waals surface area contributed by atoms with Crippen LogP contribution in [0.4, 0.5) is 5.82 Å². The van der Waals surface area contributed by atoms with Crippen LogP contribution in [0, 0.1) is 0 Å². The molecule has 3 aliphatic heterocycles. The van der Waals surface area contributed by atoms with Crippen LogP contribution in [-0.4, -0.2) is 34.0 Å². The lowest BCUT2D eigenvalue weighted by Gasteiger charge is -2.28. The average molecular weight is 417 g/mol. The molecule has 8 heteroatoms. The number of imidazole rings is 1. The minimum atomic E-state index is -0.0900. The summed E-state index contributed by atoms with van der Waals surface area (Å²) in [5.74, 6) is 3.07. The highest BCUT2D eigenvalue weighted by molar-refractivity contribution is 5.93. The van der Waals surface area contributed by atoms with E-state index in [2.05, 4.69) is 15.3 Å². The number of hydrogen-bond donors (Lipinski definition) is 2. The Morgan fingerprint density at radius 3 is 3.06 bits per heavy atom. The molecule has 1 unspecified atom stereocenters. The van der Waals surface area contributed by atoms with Crippen LogP contribution in [-0.2, 0) is 30.6 Å². The highest BCUT2D eigenvalue weighted by Crippen LogP contribution is 2.35. The highest BCUT2D eigenvalue weighted by atomic mass is 16.7. The van der Waals surface area contributed by atoms with Crippen molar-refractivity contribution in [1.82, 2.24) is 20.3 Å². The number of fused-ring (bicyclic) bond motifs is 3. The molecule has 0 saturated heterocycles. The van der Waals surface area contributed by atoms with E-state index in [0.717, 1.165) is 54.3 Å². The third-order valence-electron chi connectivity index (χ3n) is 6.14. The van der Waals surface area contributed by atoms with Gasteiger partial charge in [0.15, 0.2) is 11.6 Å². The predicted molar refractivity (Wildman–Crippen MR) is 113 cm³/mol. The molecule has 8 nitrogen and oxygen atoms in total. The van der Waals surface area contributed by atoms with Gasteiger partial charge in [-0.25, -0.2) is 9.97 Å². The minimum absolute atomic E-state index is 0.0900. The van der Waals surface area contributed by atoms with Gasteiger partial charge in [0.2, 0.25) is 0 Å². The van der Waals surface area contributed by atoms with E-state index >= 15 is 0 Å². The molecular formula is C23H23N5O3. The van der Waals surface area contributed by atoms with E-state index in [0.29, 0.717) is 31.0 Å². The van der Waals surface area contributed by atoms with Crippen molar-refractivity contribution in [1.29, 1.82) is 0 Å². The number of nitrogens with one attached hydrogen (secondary N) is 2. The first-order valence-electron chi connectivity index (χ1n) is 10.7. The molecule has 3 aromatic rings. The normalized spacial score (nSPS) is 19.8. The summed E-state index contributed by atoms with van der Waals surface area (Å²) in [5, 5.41) is 4.69. The van der Waals surface area contributed by atoms with Crippen molar-refractivity contribution >= 4 is 11.7 Å². The second-order valence-electron chi connectivity index (χ2n) is 8.22. The second kappa shape index (κ2) is 7.39. The summed E-state index contributed by atoms with van der Waals surface area (Å²) in [6, 6.07) is 9.56. The lowest BCUT2D eigenvalue weighted by atomic mass is 9.96. The summed E-state index contributed by atoms with van der Waals surface area (Å²) in [7, 11) is 0. The number of carbonyl (C=O) groups is 1. The molecule has 6 rings (SSSR count). The number of carbonyl (C=O) groups excluding carboxylic acids is 1. The van der Waals surface area contributed by atoms with E-state index in [1.54, 1.807) is 6.20 Å². The highest BCUT2D eigenvalue weighted by Gasteiger charge is 2.29. The lowest BCUT2D eigenvalue weighted by Crippen LogP contribution is -2.38. The Kier molecular flexibility index (Phi) is 4.38. The summed E-state index contributed by atoms with van der Waals surface area (Å²) in [6.07, 6.45) is 4.52. The molecule has 0 bridgehead atoms. The summed E-state index contributed by atoms with van der Waals surface area (Å²) < 4.78 is 6.02. The standard InChI is InChI=1S/C23H23N5O3/c29-21-6-3-14-2-1-8-25-23(14)28(21)31-17-4-5-20-15(11-17)10-16(13-30-20)22-26-18-7-9-24-12-19(18)27-22/h1-2,4-5,8,11,16,24H,3,6-7,9-10,12-13H2,(H,26,27). The maximum absolute atomic E-state index is 12.5. The van der Waals surface area contributed by atoms with Crippen LogP contribution < -0.4 is 20.0 Å². The van der Waals surface area contributed by atoms with Gasteiger partial charge in [-0.3, -0.25) is 4.79 Å². The Balaban J connectivity index is 1.25. The first-order chi connectivity index (χ1) is 15.2. The van der Waals surface area contributed by atoms with E-state index in [-0.39, 0.29) is 11.8 Å². The molecule has 0 fully saturated rings. The number of aromatic amines is 1. The van der Waals surface area contributed by atoms with Crippen LogP contribution in [0.2, 0.25) is 0 Å². The van der Waals surface area contributed by atoms with Gasteiger partial charge in [-0.05, 0) is 48.2 Å². The number of nitrogens with zero attached hydrogens (tertiary/aromatic N) is 3. The molecule has 158 valence electrons. The number of rotatable bonds is 3. The average Bonchev–Trinajstić information content (AvgIpc) is 3.25. The molecule has 1 amide bonds. The molecule has 0 saturated carbocycles. The summed E-state index contributed by atoms with van der Waals surface area (Å²) in [6.45, 7) is 2.40. The third-order valence-corrected chi connectivity index (χ3v) is 6.14. The van der Waals surface area contributed by atoms with Crippen molar-refractivity contribution in [2.24, 2.45) is 0 Å². The third kappa shape index (κ3) is 3.33. The van der Waals surface area contributed by atoms with Crippen molar-refractivity contribution in [3.05, 3.63) is 64.9 Å². The predicted octanol–water partition coefficient (Wildman–Crippen LogP) is 2.44. The molecule has 0 radical (unpaired) electrons. The van der Waals surface area contributed by atoms with Gasteiger partial charge >= 0.3 is 0 Å². The largest absolute Gasteiger partial charge is 0.493 e.